The molecule has 5 heteroatoms. The molecule has 1 saturated heterocycles. The first kappa shape index (κ1) is 10.6. The molecule has 15 heavy (non-hydrogen) atoms. The van der Waals surface area contributed by atoms with E-state index in [0.717, 1.165) is 18.9 Å². The van der Waals surface area contributed by atoms with Crippen LogP contribution in [0.2, 0.25) is 5.15 Å². The summed E-state index contributed by atoms with van der Waals surface area (Å²) in [6, 6.07) is 2.36. The highest BCUT2D eigenvalue weighted by molar-refractivity contribution is 6.29. The van der Waals surface area contributed by atoms with Gasteiger partial charge >= 0.3 is 0 Å². The number of halogens is 1. The summed E-state index contributed by atoms with van der Waals surface area (Å²) in [4.78, 5) is 10.2. The predicted octanol–water partition coefficient (Wildman–Crippen LogP) is 1.32. The van der Waals surface area contributed by atoms with E-state index in [1.807, 2.05) is 7.05 Å². The second kappa shape index (κ2) is 4.77. The molecule has 4 nitrogen and oxygen atoms in total. The van der Waals surface area contributed by atoms with Gasteiger partial charge in [0.05, 0.1) is 0 Å². The maximum Gasteiger partial charge on any atom is 0.134 e. The van der Waals surface area contributed by atoms with Gasteiger partial charge in [0.2, 0.25) is 0 Å². The highest BCUT2D eigenvalue weighted by Gasteiger charge is 2.16. The smallest absolute Gasteiger partial charge is 0.134 e. The third kappa shape index (κ3) is 2.79. The van der Waals surface area contributed by atoms with Crippen molar-refractivity contribution in [3.63, 3.8) is 0 Å². The standard InChI is InChI=1S/C10H15ClN4/c1-15(6-8-3-2-4-12-8)10-5-9(11)13-7-14-10/h5,7-8,12H,2-4,6H2,1H3/t8-/m0/s1. The third-order valence-electron chi connectivity index (χ3n) is 2.67. The molecule has 1 fully saturated rings. The van der Waals surface area contributed by atoms with Crippen molar-refractivity contribution in [3.05, 3.63) is 17.5 Å². The van der Waals surface area contributed by atoms with Gasteiger partial charge in [-0.15, -0.1) is 0 Å². The molecule has 0 aromatic carbocycles. The fourth-order valence-corrected chi connectivity index (χ4v) is 2.01. The molecule has 1 aliphatic heterocycles. The zero-order chi connectivity index (χ0) is 10.7. The van der Waals surface area contributed by atoms with E-state index in [4.69, 9.17) is 11.6 Å². The van der Waals surface area contributed by atoms with Crippen LogP contribution in [0.1, 0.15) is 12.8 Å². The number of anilines is 1. The molecule has 2 rings (SSSR count). The summed E-state index contributed by atoms with van der Waals surface area (Å²) >= 11 is 5.81. The van der Waals surface area contributed by atoms with Gasteiger partial charge in [-0.3, -0.25) is 0 Å². The molecule has 0 amide bonds. The minimum atomic E-state index is 0.492. The number of hydrogen-bond acceptors (Lipinski definition) is 4. The average molecular weight is 227 g/mol. The minimum Gasteiger partial charge on any atom is -0.358 e. The molecule has 0 unspecified atom stereocenters. The topological polar surface area (TPSA) is 41.0 Å². The normalized spacial score (nSPS) is 20.5. The summed E-state index contributed by atoms with van der Waals surface area (Å²) in [5.74, 6) is 0.878. The molecule has 0 spiro atoms. The Labute approximate surface area is 94.7 Å². The van der Waals surface area contributed by atoms with Gasteiger partial charge in [0.15, 0.2) is 0 Å². The van der Waals surface area contributed by atoms with Crippen LogP contribution in [0.15, 0.2) is 12.4 Å². The lowest BCUT2D eigenvalue weighted by molar-refractivity contribution is 0.597. The van der Waals surface area contributed by atoms with Crippen molar-refractivity contribution in [2.24, 2.45) is 0 Å². The molecule has 0 bridgehead atoms. The number of hydrogen-bond donors (Lipinski definition) is 1. The van der Waals surface area contributed by atoms with Gasteiger partial charge in [0, 0.05) is 25.7 Å². The average Bonchev–Trinajstić information content (AvgIpc) is 2.70. The van der Waals surface area contributed by atoms with Crippen molar-refractivity contribution in [3.8, 4) is 0 Å². The zero-order valence-corrected chi connectivity index (χ0v) is 9.54. The van der Waals surface area contributed by atoms with Crippen molar-refractivity contribution in [2.45, 2.75) is 18.9 Å². The first-order valence-electron chi connectivity index (χ1n) is 5.18. The van der Waals surface area contributed by atoms with E-state index >= 15 is 0 Å². The van der Waals surface area contributed by atoms with Gasteiger partial charge in [-0.2, -0.15) is 0 Å². The molecule has 0 aliphatic carbocycles. The monoisotopic (exact) mass is 226 g/mol. The van der Waals surface area contributed by atoms with E-state index in [1.165, 1.54) is 19.2 Å². The number of nitrogens with zero attached hydrogens (tertiary/aromatic N) is 3. The largest absolute Gasteiger partial charge is 0.358 e. The SMILES string of the molecule is CN(C[C@@H]1CCCN1)c1cc(Cl)ncn1. The molecule has 1 N–H and O–H groups in total. The van der Waals surface area contributed by atoms with E-state index in [0.29, 0.717) is 11.2 Å². The Kier molecular flexibility index (Phi) is 3.38. The Morgan fingerprint density at radius 1 is 1.60 bits per heavy atom. The van der Waals surface area contributed by atoms with Crippen molar-refractivity contribution >= 4 is 17.4 Å². The Hall–Kier alpha value is -0.870. The Balaban J connectivity index is 1.97. The molecule has 1 aliphatic rings. The predicted molar refractivity (Wildman–Crippen MR) is 61.3 cm³/mol. The summed E-state index contributed by atoms with van der Waals surface area (Å²) in [6.45, 7) is 2.09. The van der Waals surface area contributed by atoms with Gasteiger partial charge in [-0.25, -0.2) is 9.97 Å². The van der Waals surface area contributed by atoms with Gasteiger partial charge in [0.1, 0.15) is 17.3 Å². The quantitative estimate of drug-likeness (QED) is 0.790. The van der Waals surface area contributed by atoms with Crippen molar-refractivity contribution in [1.82, 2.24) is 15.3 Å². The van der Waals surface area contributed by atoms with Gasteiger partial charge in [0.25, 0.3) is 0 Å². The number of rotatable bonds is 3. The summed E-state index contributed by atoms with van der Waals surface area (Å²) in [7, 11) is 2.03. The van der Waals surface area contributed by atoms with Crippen LogP contribution in [-0.2, 0) is 0 Å². The van der Waals surface area contributed by atoms with Gasteiger partial charge < -0.3 is 10.2 Å². The lowest BCUT2D eigenvalue weighted by Gasteiger charge is -2.21. The maximum atomic E-state index is 5.81. The summed E-state index contributed by atoms with van der Waals surface area (Å²) in [6.07, 6.45) is 4.00. The maximum absolute atomic E-state index is 5.81. The summed E-state index contributed by atoms with van der Waals surface area (Å²) in [5.41, 5.74) is 0. The van der Waals surface area contributed by atoms with E-state index < -0.39 is 0 Å². The fourth-order valence-electron chi connectivity index (χ4n) is 1.87. The minimum absolute atomic E-state index is 0.492. The zero-order valence-electron chi connectivity index (χ0n) is 8.78. The lowest BCUT2D eigenvalue weighted by atomic mass is 10.2. The molecule has 2 heterocycles. The van der Waals surface area contributed by atoms with E-state index in [1.54, 1.807) is 6.07 Å². The number of aromatic nitrogens is 2. The fraction of sp³-hybridized carbons (Fsp3) is 0.600. The Morgan fingerprint density at radius 2 is 2.47 bits per heavy atom. The molecule has 1 aromatic heterocycles. The van der Waals surface area contributed by atoms with Crippen LogP contribution in [0.3, 0.4) is 0 Å². The van der Waals surface area contributed by atoms with Crippen LogP contribution >= 0.6 is 11.6 Å². The lowest BCUT2D eigenvalue weighted by Crippen LogP contribution is -2.35. The first-order chi connectivity index (χ1) is 7.25. The summed E-state index contributed by atoms with van der Waals surface area (Å²) < 4.78 is 0. The van der Waals surface area contributed by atoms with Crippen LogP contribution < -0.4 is 10.2 Å². The van der Waals surface area contributed by atoms with Crippen LogP contribution in [0.5, 0.6) is 0 Å². The summed E-state index contributed by atoms with van der Waals surface area (Å²) in [5, 5.41) is 3.95. The third-order valence-corrected chi connectivity index (χ3v) is 2.87. The molecule has 0 saturated carbocycles. The highest BCUT2D eigenvalue weighted by atomic mass is 35.5. The number of nitrogens with one attached hydrogen (secondary N) is 1. The van der Waals surface area contributed by atoms with Crippen LogP contribution in [0.4, 0.5) is 5.82 Å². The second-order valence-corrected chi connectivity index (χ2v) is 4.26. The molecule has 1 atom stereocenters. The van der Waals surface area contributed by atoms with E-state index in [-0.39, 0.29) is 0 Å². The van der Waals surface area contributed by atoms with Gasteiger partial charge in [-0.1, -0.05) is 11.6 Å². The van der Waals surface area contributed by atoms with Crippen LogP contribution in [0.25, 0.3) is 0 Å². The van der Waals surface area contributed by atoms with Crippen LogP contribution in [0, 0.1) is 0 Å². The van der Waals surface area contributed by atoms with E-state index in [9.17, 15) is 0 Å². The molecule has 82 valence electrons. The molecule has 0 radical (unpaired) electrons. The van der Waals surface area contributed by atoms with Crippen molar-refractivity contribution in [2.75, 3.05) is 25.0 Å². The number of likely N-dealkylation sites (N-methyl/N-ethyl adjacent to an activating group) is 1. The van der Waals surface area contributed by atoms with Crippen LogP contribution in [-0.4, -0.2) is 36.1 Å². The Morgan fingerprint density at radius 3 is 3.13 bits per heavy atom. The molecular formula is C10H15ClN4. The second-order valence-electron chi connectivity index (χ2n) is 3.87. The molecule has 1 aromatic rings. The van der Waals surface area contributed by atoms with Crippen molar-refractivity contribution < 1.29 is 0 Å². The first-order valence-corrected chi connectivity index (χ1v) is 5.55. The van der Waals surface area contributed by atoms with Gasteiger partial charge in [-0.05, 0) is 19.4 Å². The molecular weight excluding hydrogens is 212 g/mol. The van der Waals surface area contributed by atoms with E-state index in [2.05, 4.69) is 20.2 Å². The van der Waals surface area contributed by atoms with Crippen molar-refractivity contribution in [1.29, 1.82) is 0 Å². The highest BCUT2D eigenvalue weighted by Crippen LogP contribution is 2.14. The Bertz CT molecular complexity index is 325.